The molecule has 7 heteroatoms. The third-order valence-electron chi connectivity index (χ3n) is 4.86. The predicted octanol–water partition coefficient (Wildman–Crippen LogP) is 3.58. The van der Waals surface area contributed by atoms with Gasteiger partial charge < -0.3 is 20.4 Å². The highest BCUT2D eigenvalue weighted by Gasteiger charge is 2.15. The number of fused-ring (bicyclic) bond motifs is 1. The maximum Gasteiger partial charge on any atom is 0.404 e. The van der Waals surface area contributed by atoms with Crippen molar-refractivity contribution in [3.05, 3.63) is 90.0 Å². The molecule has 0 aliphatic carbocycles. The summed E-state index contributed by atoms with van der Waals surface area (Å²) < 4.78 is 6.76. The van der Waals surface area contributed by atoms with Crippen LogP contribution >= 0.6 is 0 Å². The Morgan fingerprint density at radius 3 is 2.39 bits per heavy atom. The Morgan fingerprint density at radius 1 is 0.968 bits per heavy atom. The molecule has 0 bridgehead atoms. The van der Waals surface area contributed by atoms with Crippen molar-refractivity contribution in [2.45, 2.75) is 6.54 Å². The van der Waals surface area contributed by atoms with Crippen molar-refractivity contribution < 1.29 is 14.3 Å². The van der Waals surface area contributed by atoms with Gasteiger partial charge in [0, 0.05) is 17.7 Å². The summed E-state index contributed by atoms with van der Waals surface area (Å²) >= 11 is 0. The van der Waals surface area contributed by atoms with Gasteiger partial charge in [-0.2, -0.15) is 0 Å². The number of benzene rings is 3. The van der Waals surface area contributed by atoms with Gasteiger partial charge in [0.15, 0.2) is 0 Å². The largest absolute Gasteiger partial charge is 0.448 e. The van der Waals surface area contributed by atoms with Crippen LogP contribution in [0.15, 0.2) is 78.9 Å². The number of ether oxygens (including phenoxy) is 1. The van der Waals surface area contributed by atoms with Crippen LogP contribution in [0, 0.1) is 0 Å². The third-order valence-corrected chi connectivity index (χ3v) is 4.86. The lowest BCUT2D eigenvalue weighted by Crippen LogP contribution is -2.29. The smallest absolute Gasteiger partial charge is 0.404 e. The lowest BCUT2D eigenvalue weighted by molar-refractivity contribution is 0.0937. The SMILES string of the molecule is NC(=O)OCCNC(=O)c1ccc2nc(-c3ccccc3)n(Cc3ccccc3)c2c1. The second kappa shape index (κ2) is 9.13. The van der Waals surface area contributed by atoms with Crippen LogP contribution in [0.4, 0.5) is 4.79 Å². The summed E-state index contributed by atoms with van der Waals surface area (Å²) in [5.41, 5.74) is 9.24. The van der Waals surface area contributed by atoms with Gasteiger partial charge >= 0.3 is 6.09 Å². The van der Waals surface area contributed by atoms with E-state index >= 15 is 0 Å². The Labute approximate surface area is 179 Å². The second-order valence-corrected chi connectivity index (χ2v) is 7.00. The Kier molecular flexibility index (Phi) is 5.93. The first-order valence-corrected chi connectivity index (χ1v) is 9.92. The molecular formula is C24H22N4O3. The van der Waals surface area contributed by atoms with Crippen LogP contribution in [0.1, 0.15) is 15.9 Å². The number of primary amides is 1. The van der Waals surface area contributed by atoms with Crippen molar-refractivity contribution in [3.63, 3.8) is 0 Å². The number of rotatable bonds is 7. The average Bonchev–Trinajstić information content (AvgIpc) is 3.15. The first kappa shape index (κ1) is 20.2. The van der Waals surface area contributed by atoms with Crippen LogP contribution in [0.25, 0.3) is 22.4 Å². The van der Waals surface area contributed by atoms with E-state index in [1.807, 2.05) is 60.7 Å². The highest BCUT2D eigenvalue weighted by Crippen LogP contribution is 2.26. The van der Waals surface area contributed by atoms with E-state index in [4.69, 9.17) is 10.7 Å². The van der Waals surface area contributed by atoms with E-state index in [9.17, 15) is 9.59 Å². The van der Waals surface area contributed by atoms with E-state index in [0.29, 0.717) is 12.1 Å². The van der Waals surface area contributed by atoms with Crippen LogP contribution in [-0.4, -0.2) is 34.7 Å². The minimum Gasteiger partial charge on any atom is -0.448 e. The predicted molar refractivity (Wildman–Crippen MR) is 119 cm³/mol. The van der Waals surface area contributed by atoms with Crippen LogP contribution in [0.2, 0.25) is 0 Å². The van der Waals surface area contributed by atoms with Crippen molar-refractivity contribution >= 4 is 23.0 Å². The Bertz CT molecular complexity index is 1200. The van der Waals surface area contributed by atoms with Gasteiger partial charge in [0.05, 0.1) is 17.6 Å². The third kappa shape index (κ3) is 4.72. The summed E-state index contributed by atoms with van der Waals surface area (Å²) in [4.78, 5) is 28.0. The minimum atomic E-state index is -0.867. The average molecular weight is 414 g/mol. The molecule has 0 unspecified atom stereocenters. The molecule has 31 heavy (non-hydrogen) atoms. The van der Waals surface area contributed by atoms with Gasteiger partial charge in [0.2, 0.25) is 0 Å². The molecule has 0 atom stereocenters. The number of amides is 2. The number of nitrogens with zero attached hydrogens (tertiary/aromatic N) is 2. The summed E-state index contributed by atoms with van der Waals surface area (Å²) in [5.74, 6) is 0.579. The second-order valence-electron chi connectivity index (χ2n) is 7.00. The highest BCUT2D eigenvalue weighted by atomic mass is 16.5. The number of hydrogen-bond acceptors (Lipinski definition) is 4. The number of nitrogens with one attached hydrogen (secondary N) is 1. The molecule has 0 saturated heterocycles. The number of imidazole rings is 1. The maximum absolute atomic E-state index is 12.6. The van der Waals surface area contributed by atoms with Gasteiger partial charge in [0.25, 0.3) is 5.91 Å². The molecule has 0 fully saturated rings. The van der Waals surface area contributed by atoms with E-state index in [1.165, 1.54) is 0 Å². The molecule has 3 aromatic carbocycles. The molecule has 0 spiro atoms. The number of carbonyl (C=O) groups excluding carboxylic acids is 2. The van der Waals surface area contributed by atoms with E-state index in [0.717, 1.165) is 28.0 Å². The standard InChI is InChI=1S/C24H22N4O3/c25-24(30)31-14-13-26-23(29)19-11-12-20-21(15-19)28(16-17-7-3-1-4-8-17)22(27-20)18-9-5-2-6-10-18/h1-12,15H,13-14,16H2,(H2,25,30)(H,26,29). The first-order valence-electron chi connectivity index (χ1n) is 9.92. The highest BCUT2D eigenvalue weighted by molar-refractivity contribution is 5.98. The summed E-state index contributed by atoms with van der Waals surface area (Å²) in [7, 11) is 0. The Morgan fingerprint density at radius 2 is 1.68 bits per heavy atom. The van der Waals surface area contributed by atoms with Crippen LogP contribution in [0.3, 0.4) is 0 Å². The van der Waals surface area contributed by atoms with Crippen molar-refractivity contribution in [1.29, 1.82) is 0 Å². The van der Waals surface area contributed by atoms with Crippen molar-refractivity contribution in [2.24, 2.45) is 5.73 Å². The zero-order valence-corrected chi connectivity index (χ0v) is 16.8. The Hall–Kier alpha value is -4.13. The fourth-order valence-electron chi connectivity index (χ4n) is 3.42. The number of nitrogens with two attached hydrogens (primary N) is 1. The summed E-state index contributed by atoms with van der Waals surface area (Å²) in [6.07, 6.45) is -0.867. The van der Waals surface area contributed by atoms with Crippen molar-refractivity contribution in [2.75, 3.05) is 13.2 Å². The molecule has 2 amide bonds. The topological polar surface area (TPSA) is 99.2 Å². The number of carbonyl (C=O) groups is 2. The fraction of sp³-hybridized carbons (Fsp3) is 0.125. The molecule has 7 nitrogen and oxygen atoms in total. The molecule has 0 aliphatic rings. The molecule has 4 aromatic rings. The maximum atomic E-state index is 12.6. The van der Waals surface area contributed by atoms with E-state index in [2.05, 4.69) is 26.8 Å². The fourth-order valence-corrected chi connectivity index (χ4v) is 3.42. The molecule has 1 heterocycles. The lowest BCUT2D eigenvalue weighted by atomic mass is 10.1. The van der Waals surface area contributed by atoms with E-state index in [1.54, 1.807) is 6.07 Å². The van der Waals surface area contributed by atoms with Crippen molar-refractivity contribution in [3.8, 4) is 11.4 Å². The first-order chi connectivity index (χ1) is 15.1. The summed E-state index contributed by atoms with van der Waals surface area (Å²) in [6, 6.07) is 25.5. The molecule has 3 N–H and O–H groups in total. The van der Waals surface area contributed by atoms with Gasteiger partial charge in [-0.3, -0.25) is 4.79 Å². The number of aromatic nitrogens is 2. The molecular weight excluding hydrogens is 392 g/mol. The number of hydrogen-bond donors (Lipinski definition) is 2. The van der Waals surface area contributed by atoms with Crippen molar-refractivity contribution in [1.82, 2.24) is 14.9 Å². The molecule has 1 aromatic heterocycles. The van der Waals surface area contributed by atoms with Crippen LogP contribution in [-0.2, 0) is 11.3 Å². The zero-order chi connectivity index (χ0) is 21.6. The quantitative estimate of drug-likeness (QED) is 0.452. The molecule has 0 radical (unpaired) electrons. The molecule has 0 aliphatic heterocycles. The van der Waals surface area contributed by atoms with Crippen LogP contribution < -0.4 is 11.1 Å². The van der Waals surface area contributed by atoms with Gasteiger partial charge in [-0.25, -0.2) is 9.78 Å². The Balaban J connectivity index is 1.69. The molecule has 4 rings (SSSR count). The van der Waals surface area contributed by atoms with E-state index in [-0.39, 0.29) is 19.1 Å². The minimum absolute atomic E-state index is 0.0212. The molecule has 156 valence electrons. The van der Waals surface area contributed by atoms with E-state index < -0.39 is 6.09 Å². The zero-order valence-electron chi connectivity index (χ0n) is 16.8. The summed E-state index contributed by atoms with van der Waals surface area (Å²) in [5, 5.41) is 2.73. The normalized spacial score (nSPS) is 10.7. The van der Waals surface area contributed by atoms with Gasteiger partial charge in [-0.05, 0) is 23.8 Å². The summed E-state index contributed by atoms with van der Waals surface area (Å²) in [6.45, 7) is 0.824. The lowest BCUT2D eigenvalue weighted by Gasteiger charge is -2.10. The van der Waals surface area contributed by atoms with Gasteiger partial charge in [-0.15, -0.1) is 0 Å². The van der Waals surface area contributed by atoms with Crippen LogP contribution in [0.5, 0.6) is 0 Å². The molecule has 0 saturated carbocycles. The van der Waals surface area contributed by atoms with Gasteiger partial charge in [0.1, 0.15) is 12.4 Å². The van der Waals surface area contributed by atoms with Gasteiger partial charge in [-0.1, -0.05) is 60.7 Å². The monoisotopic (exact) mass is 414 g/mol.